The van der Waals surface area contributed by atoms with Gasteiger partial charge in [0.2, 0.25) is 0 Å². The van der Waals surface area contributed by atoms with Crippen LogP contribution in [-0.2, 0) is 6.54 Å². The zero-order chi connectivity index (χ0) is 20.5. The summed E-state index contributed by atoms with van der Waals surface area (Å²) in [5.41, 5.74) is 6.69. The van der Waals surface area contributed by atoms with E-state index < -0.39 is 0 Å². The number of carbonyl (C=O) groups is 1. The fourth-order valence-electron chi connectivity index (χ4n) is 3.80. The summed E-state index contributed by atoms with van der Waals surface area (Å²) in [7, 11) is 0. The highest BCUT2D eigenvalue weighted by Gasteiger charge is 2.28. The Morgan fingerprint density at radius 3 is 2.43 bits per heavy atom. The number of nitrogens with one attached hydrogen (secondary N) is 2. The van der Waals surface area contributed by atoms with Gasteiger partial charge in [-0.1, -0.05) is 72.3 Å². The minimum atomic E-state index is -0.353. The molecule has 30 heavy (non-hydrogen) atoms. The van der Waals surface area contributed by atoms with E-state index in [0.717, 1.165) is 22.5 Å². The molecule has 4 aromatic rings. The molecule has 0 saturated carbocycles. The van der Waals surface area contributed by atoms with Gasteiger partial charge in [0.05, 0.1) is 17.8 Å². The first-order valence-electron chi connectivity index (χ1n) is 10.0. The smallest absolute Gasteiger partial charge is 0.255 e. The standard InChI is InChI=1S/C25H22N4O/c1-17-11-13-19(14-12-17)23-21(16-29(28-23)15-18-7-3-2-4-8-18)24-26-22-10-6-5-9-20(22)25(30)27-24/h2-14,16,24,26H,15H2,1H3,(H,27,30). The summed E-state index contributed by atoms with van der Waals surface area (Å²) in [5, 5.41) is 11.4. The number of aromatic nitrogens is 2. The van der Waals surface area contributed by atoms with Gasteiger partial charge in [-0.15, -0.1) is 0 Å². The number of aryl methyl sites for hydroxylation is 1. The van der Waals surface area contributed by atoms with E-state index in [1.807, 2.05) is 53.3 Å². The van der Waals surface area contributed by atoms with Crippen molar-refractivity contribution in [3.63, 3.8) is 0 Å². The van der Waals surface area contributed by atoms with Gasteiger partial charge in [0.15, 0.2) is 0 Å². The Morgan fingerprint density at radius 2 is 1.63 bits per heavy atom. The van der Waals surface area contributed by atoms with Crippen molar-refractivity contribution in [2.24, 2.45) is 0 Å². The lowest BCUT2D eigenvalue weighted by Gasteiger charge is -2.27. The third-order valence-electron chi connectivity index (χ3n) is 5.36. The van der Waals surface area contributed by atoms with Crippen molar-refractivity contribution in [2.75, 3.05) is 5.32 Å². The van der Waals surface area contributed by atoms with Crippen molar-refractivity contribution >= 4 is 11.6 Å². The zero-order valence-corrected chi connectivity index (χ0v) is 16.7. The molecule has 148 valence electrons. The first-order chi connectivity index (χ1) is 14.7. The number of anilines is 1. The van der Waals surface area contributed by atoms with Crippen molar-refractivity contribution in [1.82, 2.24) is 15.1 Å². The molecule has 3 aromatic carbocycles. The molecule has 1 atom stereocenters. The van der Waals surface area contributed by atoms with Gasteiger partial charge in [-0.25, -0.2) is 0 Å². The summed E-state index contributed by atoms with van der Waals surface area (Å²) in [4.78, 5) is 12.7. The van der Waals surface area contributed by atoms with Gasteiger partial charge in [-0.3, -0.25) is 9.48 Å². The Bertz CT molecular complexity index is 1200. The largest absolute Gasteiger partial charge is 0.361 e. The van der Waals surface area contributed by atoms with E-state index in [4.69, 9.17) is 5.10 Å². The highest BCUT2D eigenvalue weighted by Crippen LogP contribution is 2.32. The lowest BCUT2D eigenvalue weighted by atomic mass is 10.0. The van der Waals surface area contributed by atoms with Gasteiger partial charge in [0, 0.05) is 23.0 Å². The minimum absolute atomic E-state index is 0.0833. The Kier molecular flexibility index (Phi) is 4.56. The molecule has 5 rings (SSSR count). The highest BCUT2D eigenvalue weighted by atomic mass is 16.2. The molecule has 5 nitrogen and oxygen atoms in total. The van der Waals surface area contributed by atoms with Crippen molar-refractivity contribution in [1.29, 1.82) is 0 Å². The van der Waals surface area contributed by atoms with Gasteiger partial charge in [-0.2, -0.15) is 5.10 Å². The Balaban J connectivity index is 1.56. The van der Waals surface area contributed by atoms with Crippen LogP contribution in [0.3, 0.4) is 0 Å². The summed E-state index contributed by atoms with van der Waals surface area (Å²) >= 11 is 0. The summed E-state index contributed by atoms with van der Waals surface area (Å²) in [6.45, 7) is 2.73. The third-order valence-corrected chi connectivity index (χ3v) is 5.36. The summed E-state index contributed by atoms with van der Waals surface area (Å²) in [5.74, 6) is -0.0833. The average molecular weight is 394 g/mol. The van der Waals surface area contributed by atoms with E-state index in [9.17, 15) is 4.79 Å². The predicted octanol–water partition coefficient (Wildman–Crippen LogP) is 4.76. The molecule has 1 aliphatic rings. The van der Waals surface area contributed by atoms with Gasteiger partial charge >= 0.3 is 0 Å². The number of hydrogen-bond acceptors (Lipinski definition) is 3. The average Bonchev–Trinajstić information content (AvgIpc) is 3.19. The van der Waals surface area contributed by atoms with E-state index in [1.54, 1.807) is 0 Å². The van der Waals surface area contributed by atoms with Crippen LogP contribution in [-0.4, -0.2) is 15.7 Å². The molecule has 0 spiro atoms. The normalized spacial score (nSPS) is 15.2. The van der Waals surface area contributed by atoms with Gasteiger partial charge in [-0.05, 0) is 24.6 Å². The quantitative estimate of drug-likeness (QED) is 0.525. The SMILES string of the molecule is Cc1ccc(-c2nn(Cc3ccccc3)cc2C2NC(=O)c3ccccc3N2)cc1. The summed E-state index contributed by atoms with van der Waals surface area (Å²) in [6, 6.07) is 26.1. The fraction of sp³-hybridized carbons (Fsp3) is 0.120. The Labute approximate surface area is 175 Å². The van der Waals surface area contributed by atoms with Crippen molar-refractivity contribution < 1.29 is 4.79 Å². The fourth-order valence-corrected chi connectivity index (χ4v) is 3.80. The maximum absolute atomic E-state index is 12.7. The molecule has 0 aliphatic carbocycles. The number of nitrogens with zero attached hydrogens (tertiary/aromatic N) is 2. The number of benzene rings is 3. The maximum atomic E-state index is 12.7. The molecule has 1 amide bonds. The first-order valence-corrected chi connectivity index (χ1v) is 10.0. The van der Waals surface area contributed by atoms with E-state index in [2.05, 4.69) is 54.0 Å². The molecule has 0 saturated heterocycles. The predicted molar refractivity (Wildman–Crippen MR) is 118 cm³/mol. The summed E-state index contributed by atoms with van der Waals surface area (Å²) in [6.07, 6.45) is 1.67. The second-order valence-electron chi connectivity index (χ2n) is 7.58. The third kappa shape index (κ3) is 3.46. The number of rotatable bonds is 4. The highest BCUT2D eigenvalue weighted by molar-refractivity contribution is 6.01. The molecule has 0 fully saturated rings. The molecule has 0 bridgehead atoms. The molecule has 5 heteroatoms. The van der Waals surface area contributed by atoms with Crippen molar-refractivity contribution in [3.05, 3.63) is 107 Å². The van der Waals surface area contributed by atoms with Crippen LogP contribution in [0.5, 0.6) is 0 Å². The maximum Gasteiger partial charge on any atom is 0.255 e. The van der Waals surface area contributed by atoms with E-state index in [0.29, 0.717) is 12.1 Å². The van der Waals surface area contributed by atoms with E-state index in [1.165, 1.54) is 11.1 Å². The first kappa shape index (κ1) is 18.2. The number of amides is 1. The molecule has 0 radical (unpaired) electrons. The number of hydrogen-bond donors (Lipinski definition) is 2. The van der Waals surface area contributed by atoms with Crippen LogP contribution in [0.2, 0.25) is 0 Å². The van der Waals surface area contributed by atoms with Gasteiger partial charge in [0.1, 0.15) is 6.17 Å². The van der Waals surface area contributed by atoms with Crippen LogP contribution >= 0.6 is 0 Å². The number of carbonyl (C=O) groups excluding carboxylic acids is 1. The second kappa shape index (κ2) is 7.52. The topological polar surface area (TPSA) is 59.0 Å². The lowest BCUT2D eigenvalue weighted by Crippen LogP contribution is -2.38. The lowest BCUT2D eigenvalue weighted by molar-refractivity contribution is 0.0936. The van der Waals surface area contributed by atoms with Gasteiger partial charge < -0.3 is 10.6 Å². The second-order valence-corrected chi connectivity index (χ2v) is 7.58. The zero-order valence-electron chi connectivity index (χ0n) is 16.7. The molecule has 1 aromatic heterocycles. The molecular weight excluding hydrogens is 372 g/mol. The van der Waals surface area contributed by atoms with Crippen LogP contribution in [0.4, 0.5) is 5.69 Å². The molecule has 2 N–H and O–H groups in total. The molecule has 2 heterocycles. The van der Waals surface area contributed by atoms with Crippen LogP contribution in [0, 0.1) is 6.92 Å². The number of para-hydroxylation sites is 1. The van der Waals surface area contributed by atoms with E-state index in [-0.39, 0.29) is 12.1 Å². The van der Waals surface area contributed by atoms with E-state index >= 15 is 0 Å². The molecule has 1 unspecified atom stereocenters. The monoisotopic (exact) mass is 394 g/mol. The van der Waals surface area contributed by atoms with Crippen LogP contribution in [0.25, 0.3) is 11.3 Å². The molecular formula is C25H22N4O. The van der Waals surface area contributed by atoms with Gasteiger partial charge in [0.25, 0.3) is 5.91 Å². The minimum Gasteiger partial charge on any atom is -0.361 e. The number of fused-ring (bicyclic) bond motifs is 1. The molecule has 1 aliphatic heterocycles. The van der Waals surface area contributed by atoms with Crippen molar-refractivity contribution in [3.8, 4) is 11.3 Å². The summed E-state index contributed by atoms with van der Waals surface area (Å²) < 4.78 is 1.94. The van der Waals surface area contributed by atoms with Crippen molar-refractivity contribution in [2.45, 2.75) is 19.6 Å². The van der Waals surface area contributed by atoms with Crippen LogP contribution in [0.1, 0.15) is 33.2 Å². The van der Waals surface area contributed by atoms with Crippen LogP contribution < -0.4 is 10.6 Å². The van der Waals surface area contributed by atoms with Crippen LogP contribution in [0.15, 0.2) is 85.1 Å². The Hall–Kier alpha value is -3.86. The Morgan fingerprint density at radius 1 is 0.900 bits per heavy atom.